The van der Waals surface area contributed by atoms with E-state index in [1.807, 2.05) is 6.92 Å². The van der Waals surface area contributed by atoms with Crippen LogP contribution in [0.25, 0.3) is 0 Å². The van der Waals surface area contributed by atoms with Gasteiger partial charge in [0.25, 0.3) is 5.91 Å². The monoisotopic (exact) mass is 361 g/mol. The van der Waals surface area contributed by atoms with Crippen molar-refractivity contribution in [3.63, 3.8) is 0 Å². The Morgan fingerprint density at radius 3 is 2.15 bits per heavy atom. The van der Waals surface area contributed by atoms with E-state index in [4.69, 9.17) is 9.47 Å². The number of carboxylic acid groups (broad SMARTS) is 1. The standard InChI is InChI=1S/C19H20FNO5/c1-2-25-15-7-9-16(10-8-15)26-12-18(22)21-11-17(19(23)24)13-3-5-14(20)6-4-13/h3-10,17H,2,11-12H2,1H3,(H,21,22)(H,23,24). The van der Waals surface area contributed by atoms with Gasteiger partial charge in [0.05, 0.1) is 12.5 Å². The van der Waals surface area contributed by atoms with Gasteiger partial charge in [-0.3, -0.25) is 9.59 Å². The molecule has 2 aromatic carbocycles. The fourth-order valence-electron chi connectivity index (χ4n) is 2.26. The Hall–Kier alpha value is -3.09. The third-order valence-electron chi connectivity index (χ3n) is 3.58. The maximum atomic E-state index is 13.0. The summed E-state index contributed by atoms with van der Waals surface area (Å²) in [4.78, 5) is 23.3. The number of hydrogen-bond donors (Lipinski definition) is 2. The number of carbonyl (C=O) groups excluding carboxylic acids is 1. The Morgan fingerprint density at radius 2 is 1.62 bits per heavy atom. The van der Waals surface area contributed by atoms with Crippen molar-refractivity contribution in [2.24, 2.45) is 0 Å². The second-order valence-electron chi connectivity index (χ2n) is 5.44. The molecule has 2 N–H and O–H groups in total. The summed E-state index contributed by atoms with van der Waals surface area (Å²) in [5, 5.41) is 11.8. The van der Waals surface area contributed by atoms with Crippen LogP contribution < -0.4 is 14.8 Å². The first-order valence-corrected chi connectivity index (χ1v) is 8.10. The van der Waals surface area contributed by atoms with Gasteiger partial charge in [0.2, 0.25) is 0 Å². The van der Waals surface area contributed by atoms with Gasteiger partial charge >= 0.3 is 5.97 Å². The molecular weight excluding hydrogens is 341 g/mol. The van der Waals surface area contributed by atoms with Crippen molar-refractivity contribution in [2.45, 2.75) is 12.8 Å². The lowest BCUT2D eigenvalue weighted by atomic mass is 9.99. The van der Waals surface area contributed by atoms with Crippen molar-refractivity contribution in [3.8, 4) is 11.5 Å². The second kappa shape index (κ2) is 9.41. The summed E-state index contributed by atoms with van der Waals surface area (Å²) in [7, 11) is 0. The predicted molar refractivity (Wildman–Crippen MR) is 92.9 cm³/mol. The van der Waals surface area contributed by atoms with Crippen molar-refractivity contribution in [3.05, 3.63) is 59.9 Å². The topological polar surface area (TPSA) is 84.9 Å². The number of halogens is 1. The number of amides is 1. The van der Waals surface area contributed by atoms with E-state index in [9.17, 15) is 19.1 Å². The molecular formula is C19H20FNO5. The molecule has 0 aliphatic heterocycles. The zero-order valence-electron chi connectivity index (χ0n) is 14.3. The average molecular weight is 361 g/mol. The number of aliphatic carboxylic acids is 1. The number of carboxylic acids is 1. The van der Waals surface area contributed by atoms with Gasteiger partial charge in [-0.2, -0.15) is 0 Å². The van der Waals surface area contributed by atoms with Crippen LogP contribution in [0.15, 0.2) is 48.5 Å². The quantitative estimate of drug-likeness (QED) is 0.717. The third-order valence-corrected chi connectivity index (χ3v) is 3.58. The van der Waals surface area contributed by atoms with E-state index in [0.717, 1.165) is 0 Å². The molecule has 0 saturated heterocycles. The lowest BCUT2D eigenvalue weighted by Gasteiger charge is -2.14. The van der Waals surface area contributed by atoms with Gasteiger partial charge in [-0.15, -0.1) is 0 Å². The van der Waals surface area contributed by atoms with E-state index in [1.165, 1.54) is 24.3 Å². The van der Waals surface area contributed by atoms with Crippen LogP contribution >= 0.6 is 0 Å². The summed E-state index contributed by atoms with van der Waals surface area (Å²) < 4.78 is 23.6. The molecule has 0 aromatic heterocycles. The first-order chi connectivity index (χ1) is 12.5. The molecule has 0 spiro atoms. The summed E-state index contributed by atoms with van der Waals surface area (Å²) in [5.74, 6) is -1.78. The van der Waals surface area contributed by atoms with Crippen LogP contribution in [-0.4, -0.2) is 36.7 Å². The predicted octanol–water partition coefficient (Wildman–Crippen LogP) is 2.59. The lowest BCUT2D eigenvalue weighted by molar-refractivity contribution is -0.138. The number of nitrogens with one attached hydrogen (secondary N) is 1. The van der Waals surface area contributed by atoms with Crippen molar-refractivity contribution < 1.29 is 28.6 Å². The van der Waals surface area contributed by atoms with Gasteiger partial charge in [0.15, 0.2) is 6.61 Å². The highest BCUT2D eigenvalue weighted by Crippen LogP contribution is 2.18. The largest absolute Gasteiger partial charge is 0.494 e. The van der Waals surface area contributed by atoms with Crippen molar-refractivity contribution >= 4 is 11.9 Å². The fourth-order valence-corrected chi connectivity index (χ4v) is 2.26. The highest BCUT2D eigenvalue weighted by molar-refractivity contribution is 5.80. The molecule has 0 saturated carbocycles. The Bertz CT molecular complexity index is 731. The molecule has 1 atom stereocenters. The third kappa shape index (κ3) is 5.77. The lowest BCUT2D eigenvalue weighted by Crippen LogP contribution is -2.34. The Morgan fingerprint density at radius 1 is 1.04 bits per heavy atom. The van der Waals surface area contributed by atoms with Crippen LogP contribution in [0.3, 0.4) is 0 Å². The Kier molecular flexibility index (Phi) is 6.96. The van der Waals surface area contributed by atoms with Gasteiger partial charge in [-0.1, -0.05) is 12.1 Å². The zero-order chi connectivity index (χ0) is 18.9. The highest BCUT2D eigenvalue weighted by atomic mass is 19.1. The Balaban J connectivity index is 1.84. The number of rotatable bonds is 9. The molecule has 0 aliphatic rings. The molecule has 1 amide bonds. The van der Waals surface area contributed by atoms with Crippen molar-refractivity contribution in [1.82, 2.24) is 5.32 Å². The molecule has 0 bridgehead atoms. The SMILES string of the molecule is CCOc1ccc(OCC(=O)NCC(C(=O)O)c2ccc(F)cc2)cc1. The number of benzene rings is 2. The van der Waals surface area contributed by atoms with E-state index in [-0.39, 0.29) is 13.2 Å². The van der Waals surface area contributed by atoms with E-state index in [1.54, 1.807) is 24.3 Å². The minimum atomic E-state index is -1.11. The van der Waals surface area contributed by atoms with Crippen LogP contribution in [0.2, 0.25) is 0 Å². The molecule has 26 heavy (non-hydrogen) atoms. The molecule has 138 valence electrons. The zero-order valence-corrected chi connectivity index (χ0v) is 14.3. The molecule has 0 radical (unpaired) electrons. The Labute approximate surface area is 150 Å². The van der Waals surface area contributed by atoms with Crippen molar-refractivity contribution in [1.29, 1.82) is 0 Å². The maximum absolute atomic E-state index is 13.0. The number of hydrogen-bond acceptors (Lipinski definition) is 4. The van der Waals surface area contributed by atoms with Gasteiger partial charge in [-0.25, -0.2) is 4.39 Å². The molecule has 0 fully saturated rings. The number of ether oxygens (including phenoxy) is 2. The first-order valence-electron chi connectivity index (χ1n) is 8.10. The van der Waals surface area contributed by atoms with E-state index in [2.05, 4.69) is 5.32 Å². The van der Waals surface area contributed by atoms with E-state index in [0.29, 0.717) is 23.7 Å². The molecule has 2 aromatic rings. The average Bonchev–Trinajstić information content (AvgIpc) is 2.63. The molecule has 0 heterocycles. The van der Waals surface area contributed by atoms with Crippen LogP contribution in [-0.2, 0) is 9.59 Å². The van der Waals surface area contributed by atoms with E-state index < -0.39 is 23.6 Å². The smallest absolute Gasteiger partial charge is 0.312 e. The first kappa shape index (κ1) is 19.2. The van der Waals surface area contributed by atoms with Gasteiger partial charge in [-0.05, 0) is 48.9 Å². The summed E-state index contributed by atoms with van der Waals surface area (Å²) in [6.45, 7) is 2.07. The number of carbonyl (C=O) groups is 2. The van der Waals surface area contributed by atoms with Gasteiger partial charge in [0, 0.05) is 6.54 Å². The summed E-state index contributed by atoms with van der Waals surface area (Å²) >= 11 is 0. The van der Waals surface area contributed by atoms with Crippen LogP contribution in [0.5, 0.6) is 11.5 Å². The summed E-state index contributed by atoms with van der Waals surface area (Å²) in [5.41, 5.74) is 0.409. The molecule has 0 aliphatic carbocycles. The second-order valence-corrected chi connectivity index (χ2v) is 5.44. The highest BCUT2D eigenvalue weighted by Gasteiger charge is 2.20. The molecule has 1 unspecified atom stereocenters. The molecule has 2 rings (SSSR count). The normalized spacial score (nSPS) is 11.5. The molecule has 7 heteroatoms. The van der Waals surface area contributed by atoms with Crippen molar-refractivity contribution in [2.75, 3.05) is 19.8 Å². The summed E-state index contributed by atoms with van der Waals surface area (Å²) in [6, 6.07) is 11.9. The minimum Gasteiger partial charge on any atom is -0.494 e. The van der Waals surface area contributed by atoms with Crippen LogP contribution in [0.1, 0.15) is 18.4 Å². The van der Waals surface area contributed by atoms with E-state index >= 15 is 0 Å². The maximum Gasteiger partial charge on any atom is 0.312 e. The molecule has 6 nitrogen and oxygen atoms in total. The van der Waals surface area contributed by atoms with Gasteiger partial charge < -0.3 is 19.9 Å². The fraction of sp³-hybridized carbons (Fsp3) is 0.263. The summed E-state index contributed by atoms with van der Waals surface area (Å²) in [6.07, 6.45) is 0. The van der Waals surface area contributed by atoms with Gasteiger partial charge in [0.1, 0.15) is 17.3 Å². The minimum absolute atomic E-state index is 0.119. The van der Waals surface area contributed by atoms with Crippen LogP contribution in [0, 0.1) is 5.82 Å². The van der Waals surface area contributed by atoms with Crippen LogP contribution in [0.4, 0.5) is 4.39 Å².